The molecule has 0 saturated carbocycles. The molecule has 0 aliphatic carbocycles. The van der Waals surface area contributed by atoms with Crippen LogP contribution in [-0.4, -0.2) is 30.9 Å². The third-order valence-corrected chi connectivity index (χ3v) is 3.23. The Morgan fingerprint density at radius 2 is 2.25 bits per heavy atom. The molecule has 1 unspecified atom stereocenters. The summed E-state index contributed by atoms with van der Waals surface area (Å²) in [6.45, 7) is 3.65. The molecule has 1 aromatic carbocycles. The van der Waals surface area contributed by atoms with E-state index in [0.29, 0.717) is 0 Å². The lowest BCUT2D eigenvalue weighted by Crippen LogP contribution is -2.34. The van der Waals surface area contributed by atoms with Gasteiger partial charge in [0, 0.05) is 25.8 Å². The summed E-state index contributed by atoms with van der Waals surface area (Å²) in [5, 5.41) is 3.33. The van der Waals surface area contributed by atoms with E-state index in [1.54, 1.807) is 4.90 Å². The number of hydrogen-bond donors (Lipinski definition) is 1. The largest absolute Gasteiger partial charge is 0.385 e. The highest BCUT2D eigenvalue weighted by atomic mass is 16.2. The molecule has 0 radical (unpaired) electrons. The molecule has 16 heavy (non-hydrogen) atoms. The summed E-state index contributed by atoms with van der Waals surface area (Å²) in [6, 6.07) is 8.09. The van der Waals surface area contributed by atoms with Gasteiger partial charge in [0.2, 0.25) is 5.91 Å². The minimum Gasteiger partial charge on any atom is -0.385 e. The Balaban J connectivity index is 2.28. The van der Waals surface area contributed by atoms with E-state index in [0.717, 1.165) is 30.8 Å². The molecule has 86 valence electrons. The standard InChI is InChI=1S/C13H18N2O/c1-3-15(2)13(16)11-8-9-14-12-7-5-4-6-10(11)12/h4-7,11,14H,3,8-9H2,1-2H3. The molecule has 1 amide bonds. The number of carbonyl (C=O) groups is 1. The number of nitrogens with one attached hydrogen (secondary N) is 1. The van der Waals surface area contributed by atoms with Gasteiger partial charge in [-0.25, -0.2) is 0 Å². The van der Waals surface area contributed by atoms with Gasteiger partial charge >= 0.3 is 0 Å². The minimum absolute atomic E-state index is 0.0300. The molecular weight excluding hydrogens is 200 g/mol. The maximum Gasteiger partial charge on any atom is 0.229 e. The lowest BCUT2D eigenvalue weighted by molar-refractivity contribution is -0.131. The number of likely N-dealkylation sites (N-methyl/N-ethyl adjacent to an activating group) is 1. The number of fused-ring (bicyclic) bond motifs is 1. The molecule has 1 N–H and O–H groups in total. The third kappa shape index (κ3) is 1.90. The Bertz CT molecular complexity index is 389. The third-order valence-electron chi connectivity index (χ3n) is 3.23. The zero-order valence-corrected chi connectivity index (χ0v) is 9.86. The van der Waals surface area contributed by atoms with Crippen LogP contribution in [0.1, 0.15) is 24.8 Å². The SMILES string of the molecule is CCN(C)C(=O)C1CCNc2ccccc21. The van der Waals surface area contributed by atoms with Gasteiger partial charge in [-0.3, -0.25) is 4.79 Å². The fourth-order valence-corrected chi connectivity index (χ4v) is 2.15. The van der Waals surface area contributed by atoms with Gasteiger partial charge in [-0.2, -0.15) is 0 Å². The van der Waals surface area contributed by atoms with Gasteiger partial charge in [0.25, 0.3) is 0 Å². The molecule has 0 fully saturated rings. The van der Waals surface area contributed by atoms with E-state index < -0.39 is 0 Å². The van der Waals surface area contributed by atoms with Crippen LogP contribution in [-0.2, 0) is 4.79 Å². The molecule has 1 aromatic rings. The normalized spacial score (nSPS) is 18.5. The van der Waals surface area contributed by atoms with Crippen molar-refractivity contribution in [3.05, 3.63) is 29.8 Å². The molecule has 1 aliphatic rings. The number of para-hydroxylation sites is 1. The zero-order valence-electron chi connectivity index (χ0n) is 9.86. The van der Waals surface area contributed by atoms with Crippen LogP contribution in [0.5, 0.6) is 0 Å². The van der Waals surface area contributed by atoms with Gasteiger partial charge in [-0.15, -0.1) is 0 Å². The van der Waals surface area contributed by atoms with Crippen molar-refractivity contribution in [3.8, 4) is 0 Å². The van der Waals surface area contributed by atoms with E-state index >= 15 is 0 Å². The quantitative estimate of drug-likeness (QED) is 0.824. The highest BCUT2D eigenvalue weighted by Crippen LogP contribution is 2.32. The van der Waals surface area contributed by atoms with Crippen LogP contribution in [0.25, 0.3) is 0 Å². The lowest BCUT2D eigenvalue weighted by atomic mass is 9.90. The minimum atomic E-state index is 0.0300. The van der Waals surface area contributed by atoms with Gasteiger partial charge in [-0.05, 0) is 25.0 Å². The van der Waals surface area contributed by atoms with E-state index in [-0.39, 0.29) is 11.8 Å². The average molecular weight is 218 g/mol. The molecule has 3 nitrogen and oxygen atoms in total. The molecule has 0 bridgehead atoms. The maximum atomic E-state index is 12.2. The number of hydrogen-bond acceptors (Lipinski definition) is 2. The van der Waals surface area contributed by atoms with Crippen molar-refractivity contribution in [1.82, 2.24) is 4.90 Å². The monoisotopic (exact) mass is 218 g/mol. The van der Waals surface area contributed by atoms with Crippen LogP contribution in [0.15, 0.2) is 24.3 Å². The first kappa shape index (κ1) is 11.0. The second kappa shape index (κ2) is 4.56. The van der Waals surface area contributed by atoms with Crippen LogP contribution >= 0.6 is 0 Å². The first-order valence-electron chi connectivity index (χ1n) is 5.81. The van der Waals surface area contributed by atoms with Crippen molar-refractivity contribution in [2.75, 3.05) is 25.5 Å². The number of rotatable bonds is 2. The van der Waals surface area contributed by atoms with Crippen molar-refractivity contribution in [1.29, 1.82) is 0 Å². The van der Waals surface area contributed by atoms with Gasteiger partial charge in [0.1, 0.15) is 0 Å². The Morgan fingerprint density at radius 3 is 3.00 bits per heavy atom. The Labute approximate surface area is 96.5 Å². The highest BCUT2D eigenvalue weighted by molar-refractivity contribution is 5.86. The van der Waals surface area contributed by atoms with Crippen molar-refractivity contribution in [2.24, 2.45) is 0 Å². The highest BCUT2D eigenvalue weighted by Gasteiger charge is 2.27. The smallest absolute Gasteiger partial charge is 0.229 e. The molecular formula is C13H18N2O. The van der Waals surface area contributed by atoms with Crippen LogP contribution < -0.4 is 5.32 Å². The van der Waals surface area contributed by atoms with E-state index in [1.807, 2.05) is 38.2 Å². The van der Waals surface area contributed by atoms with Crippen molar-refractivity contribution in [3.63, 3.8) is 0 Å². The van der Waals surface area contributed by atoms with Gasteiger partial charge in [0.15, 0.2) is 0 Å². The summed E-state index contributed by atoms with van der Waals surface area (Å²) in [6.07, 6.45) is 0.889. The molecule has 0 saturated heterocycles. The molecule has 3 heteroatoms. The van der Waals surface area contributed by atoms with Gasteiger partial charge in [0.05, 0.1) is 5.92 Å². The number of benzene rings is 1. The summed E-state index contributed by atoms with van der Waals surface area (Å²) < 4.78 is 0. The Kier molecular flexibility index (Phi) is 3.13. The fourth-order valence-electron chi connectivity index (χ4n) is 2.15. The second-order valence-electron chi connectivity index (χ2n) is 4.21. The maximum absolute atomic E-state index is 12.2. The molecule has 0 aromatic heterocycles. The Hall–Kier alpha value is -1.51. The van der Waals surface area contributed by atoms with Crippen molar-refractivity contribution in [2.45, 2.75) is 19.3 Å². The predicted octanol–water partition coefficient (Wildman–Crippen LogP) is 2.06. The number of amides is 1. The zero-order chi connectivity index (χ0) is 11.5. The van der Waals surface area contributed by atoms with Crippen LogP contribution in [0.2, 0.25) is 0 Å². The van der Waals surface area contributed by atoms with Crippen LogP contribution in [0.3, 0.4) is 0 Å². The van der Waals surface area contributed by atoms with Crippen LogP contribution in [0, 0.1) is 0 Å². The van der Waals surface area contributed by atoms with Gasteiger partial charge < -0.3 is 10.2 Å². The average Bonchev–Trinajstić information content (AvgIpc) is 2.36. The van der Waals surface area contributed by atoms with Crippen molar-refractivity contribution >= 4 is 11.6 Å². The fraction of sp³-hybridized carbons (Fsp3) is 0.462. The van der Waals surface area contributed by atoms with Crippen molar-refractivity contribution < 1.29 is 4.79 Å². The lowest BCUT2D eigenvalue weighted by Gasteiger charge is -2.28. The summed E-state index contributed by atoms with van der Waals surface area (Å²) in [5.74, 6) is 0.263. The van der Waals surface area contributed by atoms with E-state index in [2.05, 4.69) is 5.32 Å². The molecule has 1 aliphatic heterocycles. The molecule has 0 spiro atoms. The molecule has 1 atom stereocenters. The van der Waals surface area contributed by atoms with E-state index in [9.17, 15) is 4.79 Å². The number of nitrogens with zero attached hydrogens (tertiary/aromatic N) is 1. The second-order valence-corrected chi connectivity index (χ2v) is 4.21. The molecule has 1 heterocycles. The number of carbonyl (C=O) groups excluding carboxylic acids is 1. The summed E-state index contributed by atoms with van der Waals surface area (Å²) >= 11 is 0. The molecule has 2 rings (SSSR count). The number of anilines is 1. The topological polar surface area (TPSA) is 32.3 Å². The summed E-state index contributed by atoms with van der Waals surface area (Å²) in [4.78, 5) is 14.0. The summed E-state index contributed by atoms with van der Waals surface area (Å²) in [7, 11) is 1.87. The summed E-state index contributed by atoms with van der Waals surface area (Å²) in [5.41, 5.74) is 2.25. The van der Waals surface area contributed by atoms with E-state index in [4.69, 9.17) is 0 Å². The predicted molar refractivity (Wildman–Crippen MR) is 65.6 cm³/mol. The first-order chi connectivity index (χ1) is 7.74. The van der Waals surface area contributed by atoms with E-state index in [1.165, 1.54) is 0 Å². The Morgan fingerprint density at radius 1 is 1.50 bits per heavy atom. The first-order valence-corrected chi connectivity index (χ1v) is 5.81. The van der Waals surface area contributed by atoms with Gasteiger partial charge in [-0.1, -0.05) is 18.2 Å². The van der Waals surface area contributed by atoms with Crippen LogP contribution in [0.4, 0.5) is 5.69 Å².